The van der Waals surface area contributed by atoms with E-state index in [0.29, 0.717) is 13.1 Å². The summed E-state index contributed by atoms with van der Waals surface area (Å²) in [7, 11) is -1.85. The molecule has 0 aromatic heterocycles. The van der Waals surface area contributed by atoms with Gasteiger partial charge in [-0.3, -0.25) is 14.5 Å². The number of carbonyl (C=O) groups excluding carboxylic acids is 1. The number of carbonyl (C=O) groups is 2. The van der Waals surface area contributed by atoms with E-state index in [1.807, 2.05) is 6.92 Å². The SMILES string of the molecule is Cc1ccc(S(=O)(=O)N2CCN(C(=O)C(C)N(C)CCC(=O)O)CC2)cc1.Cl. The second-order valence-corrected chi connectivity index (χ2v) is 8.78. The third kappa shape index (κ3) is 5.91. The molecule has 2 rings (SSSR count). The Kier molecular flexibility index (Phi) is 8.87. The largest absolute Gasteiger partial charge is 0.481 e. The fourth-order valence-electron chi connectivity index (χ4n) is 2.93. The molecule has 1 amide bonds. The molecule has 1 unspecified atom stereocenters. The van der Waals surface area contributed by atoms with E-state index in [1.54, 1.807) is 48.0 Å². The van der Waals surface area contributed by atoms with Crippen LogP contribution in [-0.2, 0) is 19.6 Å². The molecular weight excluding hydrogens is 406 g/mol. The summed E-state index contributed by atoms with van der Waals surface area (Å²) in [5.41, 5.74) is 0.991. The van der Waals surface area contributed by atoms with Gasteiger partial charge in [-0.25, -0.2) is 8.42 Å². The van der Waals surface area contributed by atoms with Crippen LogP contribution in [0.25, 0.3) is 0 Å². The van der Waals surface area contributed by atoms with E-state index in [9.17, 15) is 18.0 Å². The molecule has 0 radical (unpaired) electrons. The van der Waals surface area contributed by atoms with Crippen LogP contribution in [0.2, 0.25) is 0 Å². The molecule has 0 aliphatic carbocycles. The maximum Gasteiger partial charge on any atom is 0.304 e. The molecule has 1 atom stereocenters. The van der Waals surface area contributed by atoms with Crippen molar-refractivity contribution < 1.29 is 23.1 Å². The molecule has 1 aliphatic rings. The lowest BCUT2D eigenvalue weighted by Crippen LogP contribution is -2.54. The fourth-order valence-corrected chi connectivity index (χ4v) is 4.35. The Morgan fingerprint density at radius 3 is 2.18 bits per heavy atom. The zero-order chi connectivity index (χ0) is 20.2. The molecule has 1 aromatic rings. The standard InChI is InChI=1S/C18H27N3O5S.ClH/c1-14-4-6-16(7-5-14)27(25,26)21-12-10-20(11-13-21)18(24)15(2)19(3)9-8-17(22)23;/h4-7,15H,8-13H2,1-3H3,(H,22,23);1H. The van der Waals surface area contributed by atoms with Crippen LogP contribution in [0.3, 0.4) is 0 Å². The van der Waals surface area contributed by atoms with Crippen LogP contribution >= 0.6 is 12.4 Å². The molecule has 0 bridgehead atoms. The topological polar surface area (TPSA) is 98.2 Å². The van der Waals surface area contributed by atoms with Gasteiger partial charge in [0.05, 0.1) is 17.4 Å². The Labute approximate surface area is 172 Å². The molecule has 28 heavy (non-hydrogen) atoms. The van der Waals surface area contributed by atoms with Gasteiger partial charge >= 0.3 is 5.97 Å². The molecule has 0 saturated carbocycles. The van der Waals surface area contributed by atoms with E-state index in [0.717, 1.165) is 5.56 Å². The number of aliphatic carboxylic acids is 1. The third-order valence-electron chi connectivity index (χ3n) is 4.91. The maximum atomic E-state index is 12.7. The molecule has 1 aliphatic heterocycles. The lowest BCUT2D eigenvalue weighted by molar-refractivity contribution is -0.140. The summed E-state index contributed by atoms with van der Waals surface area (Å²) >= 11 is 0. The number of hydrogen-bond donors (Lipinski definition) is 1. The van der Waals surface area contributed by atoms with Gasteiger partial charge in [-0.15, -0.1) is 12.4 Å². The number of benzene rings is 1. The van der Waals surface area contributed by atoms with E-state index in [4.69, 9.17) is 5.11 Å². The molecule has 1 aromatic carbocycles. The molecule has 8 nitrogen and oxygen atoms in total. The van der Waals surface area contributed by atoms with Gasteiger partial charge in [0, 0.05) is 32.7 Å². The zero-order valence-electron chi connectivity index (χ0n) is 16.4. The number of hydrogen-bond acceptors (Lipinski definition) is 5. The van der Waals surface area contributed by atoms with Crippen LogP contribution in [0.4, 0.5) is 0 Å². The van der Waals surface area contributed by atoms with E-state index in [2.05, 4.69) is 0 Å². The predicted octanol–water partition coefficient (Wildman–Crippen LogP) is 1.04. The highest BCUT2D eigenvalue weighted by molar-refractivity contribution is 7.89. The van der Waals surface area contributed by atoms with Crippen molar-refractivity contribution in [3.05, 3.63) is 29.8 Å². The summed E-state index contributed by atoms with van der Waals surface area (Å²) in [6.45, 7) is 5.04. The Morgan fingerprint density at radius 2 is 1.68 bits per heavy atom. The highest BCUT2D eigenvalue weighted by atomic mass is 35.5. The monoisotopic (exact) mass is 433 g/mol. The van der Waals surface area contributed by atoms with Crippen molar-refractivity contribution in [1.29, 1.82) is 0 Å². The van der Waals surface area contributed by atoms with Crippen molar-refractivity contribution in [3.63, 3.8) is 0 Å². The zero-order valence-corrected chi connectivity index (χ0v) is 18.0. The smallest absolute Gasteiger partial charge is 0.304 e. The predicted molar refractivity (Wildman–Crippen MR) is 108 cm³/mol. The lowest BCUT2D eigenvalue weighted by Gasteiger charge is -2.36. The summed E-state index contributed by atoms with van der Waals surface area (Å²) in [6, 6.07) is 6.27. The number of sulfonamides is 1. The molecule has 1 heterocycles. The van der Waals surface area contributed by atoms with E-state index in [-0.39, 0.29) is 49.3 Å². The first-order valence-electron chi connectivity index (χ1n) is 8.90. The Morgan fingerprint density at radius 1 is 1.14 bits per heavy atom. The number of carboxylic acids is 1. The van der Waals surface area contributed by atoms with Gasteiger partial charge in [-0.05, 0) is 33.0 Å². The van der Waals surface area contributed by atoms with Crippen molar-refractivity contribution in [3.8, 4) is 0 Å². The van der Waals surface area contributed by atoms with Crippen LogP contribution in [0, 0.1) is 6.92 Å². The molecule has 1 saturated heterocycles. The van der Waals surface area contributed by atoms with Gasteiger partial charge in [0.15, 0.2) is 0 Å². The Bertz CT molecular complexity index is 777. The van der Waals surface area contributed by atoms with Gasteiger partial charge in [0.2, 0.25) is 15.9 Å². The van der Waals surface area contributed by atoms with Crippen LogP contribution in [0.15, 0.2) is 29.2 Å². The molecule has 10 heteroatoms. The fraction of sp³-hybridized carbons (Fsp3) is 0.556. The van der Waals surface area contributed by atoms with Crippen LogP contribution < -0.4 is 0 Å². The van der Waals surface area contributed by atoms with Gasteiger partial charge in [-0.1, -0.05) is 17.7 Å². The number of nitrogens with zero attached hydrogens (tertiary/aromatic N) is 3. The summed E-state index contributed by atoms with van der Waals surface area (Å²) in [6.07, 6.45) is -0.0311. The summed E-state index contributed by atoms with van der Waals surface area (Å²) in [4.78, 5) is 26.9. The normalized spacial score (nSPS) is 16.5. The first-order valence-corrected chi connectivity index (χ1v) is 10.3. The highest BCUT2D eigenvalue weighted by Crippen LogP contribution is 2.18. The molecule has 158 valence electrons. The quantitative estimate of drug-likeness (QED) is 0.690. The van der Waals surface area contributed by atoms with Gasteiger partial charge in [0.25, 0.3) is 0 Å². The highest BCUT2D eigenvalue weighted by Gasteiger charge is 2.32. The van der Waals surface area contributed by atoms with Gasteiger partial charge in [0.1, 0.15) is 0 Å². The molecule has 1 fully saturated rings. The molecular formula is C18H28ClN3O5S. The van der Waals surface area contributed by atoms with Crippen molar-refractivity contribution >= 4 is 34.3 Å². The van der Waals surface area contributed by atoms with E-state index >= 15 is 0 Å². The van der Waals surface area contributed by atoms with Crippen molar-refractivity contribution in [2.75, 3.05) is 39.8 Å². The van der Waals surface area contributed by atoms with E-state index < -0.39 is 22.0 Å². The number of carboxylic acid groups (broad SMARTS) is 1. The molecule has 0 spiro atoms. The van der Waals surface area contributed by atoms with E-state index in [1.165, 1.54) is 4.31 Å². The summed E-state index contributed by atoms with van der Waals surface area (Å²) < 4.78 is 26.9. The first-order chi connectivity index (χ1) is 12.6. The minimum Gasteiger partial charge on any atom is -0.481 e. The average molecular weight is 434 g/mol. The number of amides is 1. The number of aryl methyl sites for hydroxylation is 1. The average Bonchev–Trinajstić information content (AvgIpc) is 2.65. The Hall–Kier alpha value is -1.68. The van der Waals surface area contributed by atoms with Crippen molar-refractivity contribution in [2.45, 2.75) is 31.2 Å². The Balaban J connectivity index is 0.00000392. The number of rotatable bonds is 7. The third-order valence-corrected chi connectivity index (χ3v) is 6.82. The van der Waals surface area contributed by atoms with Gasteiger partial charge in [-0.2, -0.15) is 4.31 Å². The second kappa shape index (κ2) is 10.2. The number of halogens is 1. The van der Waals surface area contributed by atoms with Gasteiger partial charge < -0.3 is 10.0 Å². The number of piperazine rings is 1. The van der Waals surface area contributed by atoms with Crippen LogP contribution in [0.5, 0.6) is 0 Å². The molecule has 1 N–H and O–H groups in total. The second-order valence-electron chi connectivity index (χ2n) is 6.84. The summed E-state index contributed by atoms with van der Waals surface area (Å²) in [5.74, 6) is -1.02. The minimum absolute atomic E-state index is 0. The lowest BCUT2D eigenvalue weighted by atomic mass is 10.2. The van der Waals surface area contributed by atoms with Crippen LogP contribution in [-0.4, -0.2) is 85.3 Å². The number of likely N-dealkylation sites (N-methyl/N-ethyl adjacent to an activating group) is 1. The maximum absolute atomic E-state index is 12.7. The first kappa shape index (κ1) is 24.4. The minimum atomic E-state index is -3.56. The summed E-state index contributed by atoms with van der Waals surface area (Å²) in [5, 5.41) is 8.76. The van der Waals surface area contributed by atoms with Crippen molar-refractivity contribution in [1.82, 2.24) is 14.1 Å². The van der Waals surface area contributed by atoms with Crippen molar-refractivity contribution in [2.24, 2.45) is 0 Å². The van der Waals surface area contributed by atoms with Crippen LogP contribution in [0.1, 0.15) is 18.9 Å².